The molecule has 3 heterocycles. The van der Waals surface area contributed by atoms with Crippen molar-refractivity contribution >= 4 is 34.4 Å². The van der Waals surface area contributed by atoms with Crippen LogP contribution in [0.1, 0.15) is 84.9 Å². The number of amides is 1. The van der Waals surface area contributed by atoms with Crippen molar-refractivity contribution in [1.82, 2.24) is 14.9 Å². The normalized spacial score (nSPS) is 17.5. The fourth-order valence-corrected chi connectivity index (χ4v) is 6.13. The van der Waals surface area contributed by atoms with Gasteiger partial charge < -0.3 is 19.4 Å². The van der Waals surface area contributed by atoms with Gasteiger partial charge in [0.1, 0.15) is 16.8 Å². The molecule has 190 valence electrons. The summed E-state index contributed by atoms with van der Waals surface area (Å²) < 4.78 is 12.3. The largest absolute Gasteiger partial charge is 0.465 e. The number of alkyl carbamates (subject to hydrolysis) is 1. The zero-order valence-corrected chi connectivity index (χ0v) is 22.1. The summed E-state index contributed by atoms with van der Waals surface area (Å²) in [5.74, 6) is -0.632. The minimum atomic E-state index is -0.632. The second-order valence-corrected chi connectivity index (χ2v) is 11.7. The van der Waals surface area contributed by atoms with Crippen molar-refractivity contribution in [2.75, 3.05) is 7.11 Å². The van der Waals surface area contributed by atoms with Gasteiger partial charge in [0.05, 0.1) is 29.1 Å². The third-order valence-corrected chi connectivity index (χ3v) is 7.86. The van der Waals surface area contributed by atoms with E-state index in [-0.39, 0.29) is 23.1 Å². The highest BCUT2D eigenvalue weighted by Crippen LogP contribution is 2.42. The predicted molar refractivity (Wildman–Crippen MR) is 139 cm³/mol. The van der Waals surface area contributed by atoms with Gasteiger partial charge in [0.15, 0.2) is 0 Å². The zero-order chi connectivity index (χ0) is 25.8. The molecule has 0 aromatic carbocycles. The van der Waals surface area contributed by atoms with Gasteiger partial charge in [-0.15, -0.1) is 11.3 Å². The Bertz CT molecular complexity index is 1430. The molecule has 5 rings (SSSR count). The lowest BCUT2D eigenvalue weighted by molar-refractivity contribution is 0.0499. The van der Waals surface area contributed by atoms with Gasteiger partial charge in [-0.1, -0.05) is 0 Å². The number of carbonyl (C=O) groups excluding carboxylic acids is 2. The number of aryl methyl sites for hydroxylation is 2. The summed E-state index contributed by atoms with van der Waals surface area (Å²) in [6.07, 6.45) is 5.92. The Kier molecular flexibility index (Phi) is 6.14. The van der Waals surface area contributed by atoms with E-state index in [0.29, 0.717) is 11.0 Å². The molecule has 0 spiro atoms. The minimum Gasteiger partial charge on any atom is -0.465 e. The predicted octanol–water partition coefficient (Wildman–Crippen LogP) is 5.46. The molecule has 1 atom stereocenters. The Labute approximate surface area is 213 Å². The van der Waals surface area contributed by atoms with Gasteiger partial charge in [0, 0.05) is 17.1 Å². The van der Waals surface area contributed by atoms with E-state index in [1.807, 2.05) is 38.3 Å². The van der Waals surface area contributed by atoms with Crippen LogP contribution in [-0.4, -0.2) is 34.3 Å². The van der Waals surface area contributed by atoms with Crippen molar-refractivity contribution in [1.29, 1.82) is 0 Å². The number of thiophene rings is 1. The van der Waals surface area contributed by atoms with Gasteiger partial charge in [0.2, 0.25) is 5.43 Å². The zero-order valence-electron chi connectivity index (χ0n) is 21.3. The van der Waals surface area contributed by atoms with Crippen molar-refractivity contribution < 1.29 is 19.1 Å². The van der Waals surface area contributed by atoms with E-state index in [1.165, 1.54) is 12.7 Å². The lowest BCUT2D eigenvalue weighted by Gasteiger charge is -2.26. The Balaban J connectivity index is 1.56. The highest BCUT2D eigenvalue weighted by Gasteiger charge is 2.30. The van der Waals surface area contributed by atoms with Crippen LogP contribution in [0.4, 0.5) is 4.79 Å². The van der Waals surface area contributed by atoms with E-state index < -0.39 is 17.7 Å². The van der Waals surface area contributed by atoms with Crippen molar-refractivity contribution in [2.45, 2.75) is 77.5 Å². The van der Waals surface area contributed by atoms with E-state index in [0.717, 1.165) is 53.1 Å². The Morgan fingerprint density at radius 1 is 1.19 bits per heavy atom. The summed E-state index contributed by atoms with van der Waals surface area (Å²) in [7, 11) is 1.28. The van der Waals surface area contributed by atoms with Gasteiger partial charge in [-0.3, -0.25) is 4.79 Å². The summed E-state index contributed by atoms with van der Waals surface area (Å²) in [4.78, 5) is 44.9. The highest BCUT2D eigenvalue weighted by molar-refractivity contribution is 7.15. The lowest BCUT2D eigenvalue weighted by atomic mass is 9.94. The molecule has 0 saturated heterocycles. The molecule has 3 aromatic rings. The van der Waals surface area contributed by atoms with Crippen LogP contribution >= 0.6 is 11.3 Å². The number of aromatic nitrogens is 2. The number of esters is 1. The molecule has 8 nitrogen and oxygen atoms in total. The average Bonchev–Trinajstić information content (AvgIpc) is 3.55. The lowest BCUT2D eigenvalue weighted by Crippen LogP contribution is -2.35. The topological polar surface area (TPSA) is 99.5 Å². The van der Waals surface area contributed by atoms with Crippen LogP contribution in [0.2, 0.25) is 0 Å². The average molecular weight is 510 g/mol. The van der Waals surface area contributed by atoms with Crippen molar-refractivity contribution in [3.8, 4) is 10.6 Å². The first-order valence-corrected chi connectivity index (χ1v) is 13.1. The molecule has 1 unspecified atom stereocenters. The summed E-state index contributed by atoms with van der Waals surface area (Å²) in [6.45, 7) is 7.49. The SMILES string of the molecule is COC(=O)c1cn(C2CC2)c2nc(-c3cc4c(s3)C(NC(=O)OC(C)(C)C)CCC4)c(C)cc2c1=O. The Morgan fingerprint density at radius 2 is 1.94 bits per heavy atom. The minimum absolute atomic E-state index is 0.0356. The summed E-state index contributed by atoms with van der Waals surface area (Å²) in [6, 6.07) is 4.11. The first-order valence-electron chi connectivity index (χ1n) is 12.3. The number of methoxy groups -OCH3 is 1. The van der Waals surface area contributed by atoms with E-state index >= 15 is 0 Å². The number of hydrogen-bond acceptors (Lipinski definition) is 7. The number of ether oxygens (including phenoxy) is 2. The maximum absolute atomic E-state index is 13.1. The van der Waals surface area contributed by atoms with E-state index in [4.69, 9.17) is 14.5 Å². The van der Waals surface area contributed by atoms with Crippen LogP contribution in [0.25, 0.3) is 21.6 Å². The van der Waals surface area contributed by atoms with Gasteiger partial charge in [0.25, 0.3) is 0 Å². The van der Waals surface area contributed by atoms with Crippen LogP contribution < -0.4 is 10.7 Å². The van der Waals surface area contributed by atoms with Gasteiger partial charge in [-0.05, 0) is 83.1 Å². The van der Waals surface area contributed by atoms with E-state index in [2.05, 4.69) is 11.4 Å². The van der Waals surface area contributed by atoms with Crippen LogP contribution in [0, 0.1) is 6.92 Å². The van der Waals surface area contributed by atoms with E-state index in [1.54, 1.807) is 17.5 Å². The smallest absolute Gasteiger partial charge is 0.408 e. The molecule has 2 aliphatic carbocycles. The molecule has 3 aromatic heterocycles. The molecule has 0 bridgehead atoms. The molecule has 0 aliphatic heterocycles. The van der Waals surface area contributed by atoms with Crippen LogP contribution in [-0.2, 0) is 15.9 Å². The van der Waals surface area contributed by atoms with Crippen LogP contribution in [0.3, 0.4) is 0 Å². The van der Waals surface area contributed by atoms with Crippen LogP contribution in [0.15, 0.2) is 23.1 Å². The molecular weight excluding hydrogens is 478 g/mol. The molecule has 9 heteroatoms. The van der Waals surface area contributed by atoms with E-state index in [9.17, 15) is 14.4 Å². The number of fused-ring (bicyclic) bond motifs is 2. The van der Waals surface area contributed by atoms with Gasteiger partial charge >= 0.3 is 12.1 Å². The second kappa shape index (κ2) is 9.03. The van der Waals surface area contributed by atoms with Crippen LogP contribution in [0.5, 0.6) is 0 Å². The number of nitrogens with one attached hydrogen (secondary N) is 1. The fraction of sp³-hybridized carbons (Fsp3) is 0.481. The molecular formula is C27H31N3O5S. The van der Waals surface area contributed by atoms with Gasteiger partial charge in [-0.25, -0.2) is 14.6 Å². The first-order chi connectivity index (χ1) is 17.1. The van der Waals surface area contributed by atoms with Crippen molar-refractivity contribution in [3.05, 3.63) is 50.1 Å². The molecule has 1 fully saturated rings. The maximum atomic E-state index is 13.1. The summed E-state index contributed by atoms with van der Waals surface area (Å²) >= 11 is 1.63. The second-order valence-electron chi connectivity index (χ2n) is 10.6. The van der Waals surface area contributed by atoms with Crippen molar-refractivity contribution in [3.63, 3.8) is 0 Å². The third-order valence-electron chi connectivity index (χ3n) is 6.56. The molecule has 2 aliphatic rings. The molecule has 1 saturated carbocycles. The number of pyridine rings is 2. The molecule has 36 heavy (non-hydrogen) atoms. The summed E-state index contributed by atoms with van der Waals surface area (Å²) in [5, 5.41) is 3.47. The molecule has 0 radical (unpaired) electrons. The summed E-state index contributed by atoms with van der Waals surface area (Å²) in [5.41, 5.74) is 2.60. The van der Waals surface area contributed by atoms with Crippen molar-refractivity contribution in [2.24, 2.45) is 0 Å². The fourth-order valence-electron chi connectivity index (χ4n) is 4.77. The number of hydrogen-bond donors (Lipinski definition) is 1. The first kappa shape index (κ1) is 24.5. The number of rotatable bonds is 4. The quantitative estimate of drug-likeness (QED) is 0.469. The number of nitrogens with zero attached hydrogens (tertiary/aromatic N) is 2. The molecule has 1 amide bonds. The molecule has 1 N–H and O–H groups in total. The third kappa shape index (κ3) is 4.64. The Hall–Kier alpha value is -3.20. The maximum Gasteiger partial charge on any atom is 0.408 e. The highest BCUT2D eigenvalue weighted by atomic mass is 32.1. The Morgan fingerprint density at radius 3 is 2.61 bits per heavy atom. The monoisotopic (exact) mass is 509 g/mol. The number of carbonyl (C=O) groups is 2. The standard InChI is InChI=1S/C27H31N3O5S/c1-14-11-17-22(31)18(25(32)34-5)13-30(16-9-10-16)24(17)29-21(14)20-12-15-7-6-8-19(23(15)36-20)28-26(33)35-27(2,3)4/h11-13,16,19H,6-10H2,1-5H3,(H,28,33). The van der Waals surface area contributed by atoms with Gasteiger partial charge in [-0.2, -0.15) is 0 Å².